The second-order valence-electron chi connectivity index (χ2n) is 9.15. The largest absolute Gasteiger partial charge is 0.461 e. The van der Waals surface area contributed by atoms with Gasteiger partial charge in [0.25, 0.3) is 0 Å². The summed E-state index contributed by atoms with van der Waals surface area (Å²) in [6, 6.07) is 8.35. The minimum atomic E-state index is -0.238. The zero-order valence-corrected chi connectivity index (χ0v) is 20.3. The maximum atomic E-state index is 12.4. The fraction of sp³-hybridized carbons (Fsp3) is 0.536. The summed E-state index contributed by atoms with van der Waals surface area (Å²) in [6.45, 7) is 15.3. The number of benzene rings is 1. The Kier molecular flexibility index (Phi) is 12.1. The molecule has 0 spiro atoms. The van der Waals surface area contributed by atoms with Crippen LogP contribution in [0.5, 0.6) is 0 Å². The molecule has 0 aliphatic carbocycles. The Labute approximate surface area is 185 Å². The summed E-state index contributed by atoms with van der Waals surface area (Å²) in [5.41, 5.74) is 6.42. The van der Waals surface area contributed by atoms with E-state index >= 15 is 0 Å². The SMILES string of the molecule is CC(C)=CCC/C(C)=C/CC/C(C)=C/COC(=O)C(C)c1ccc(CC(C)C)cc1. The van der Waals surface area contributed by atoms with E-state index in [9.17, 15) is 4.79 Å². The Hall–Kier alpha value is -2.09. The number of hydrogen-bond acceptors (Lipinski definition) is 2. The lowest BCUT2D eigenvalue weighted by atomic mass is 9.97. The minimum absolute atomic E-state index is 0.161. The van der Waals surface area contributed by atoms with Crippen molar-refractivity contribution in [1.29, 1.82) is 0 Å². The van der Waals surface area contributed by atoms with E-state index in [1.165, 1.54) is 22.3 Å². The van der Waals surface area contributed by atoms with Gasteiger partial charge in [0.1, 0.15) is 6.61 Å². The van der Waals surface area contributed by atoms with Crippen molar-refractivity contribution in [3.63, 3.8) is 0 Å². The van der Waals surface area contributed by atoms with Gasteiger partial charge >= 0.3 is 5.97 Å². The topological polar surface area (TPSA) is 26.3 Å². The lowest BCUT2D eigenvalue weighted by Crippen LogP contribution is -2.13. The molecule has 1 aromatic carbocycles. The third-order valence-corrected chi connectivity index (χ3v) is 5.26. The number of ether oxygens (including phenoxy) is 1. The van der Waals surface area contributed by atoms with Crippen LogP contribution in [0.2, 0.25) is 0 Å². The summed E-state index contributed by atoms with van der Waals surface area (Å²) in [6.07, 6.45) is 12.0. The summed E-state index contributed by atoms with van der Waals surface area (Å²) in [4.78, 5) is 12.4. The van der Waals surface area contributed by atoms with Gasteiger partial charge in [0.05, 0.1) is 5.92 Å². The van der Waals surface area contributed by atoms with Crippen molar-refractivity contribution >= 4 is 5.97 Å². The van der Waals surface area contributed by atoms with Gasteiger partial charge in [0.15, 0.2) is 0 Å². The van der Waals surface area contributed by atoms with Crippen molar-refractivity contribution in [1.82, 2.24) is 0 Å². The Morgan fingerprint density at radius 2 is 1.43 bits per heavy atom. The quantitative estimate of drug-likeness (QED) is 0.258. The second kappa shape index (κ2) is 14.0. The van der Waals surface area contributed by atoms with E-state index in [0.29, 0.717) is 12.5 Å². The molecule has 2 heteroatoms. The molecular formula is C28H42O2. The average molecular weight is 411 g/mol. The summed E-state index contributed by atoms with van der Waals surface area (Å²) in [7, 11) is 0. The van der Waals surface area contributed by atoms with Crippen LogP contribution in [0.1, 0.15) is 91.2 Å². The van der Waals surface area contributed by atoms with Gasteiger partial charge in [-0.2, -0.15) is 0 Å². The number of hydrogen-bond donors (Lipinski definition) is 0. The molecule has 0 heterocycles. The second-order valence-corrected chi connectivity index (χ2v) is 9.15. The monoisotopic (exact) mass is 410 g/mol. The van der Waals surface area contributed by atoms with Gasteiger partial charge in [-0.15, -0.1) is 0 Å². The molecule has 2 nitrogen and oxygen atoms in total. The predicted octanol–water partition coefficient (Wildman–Crippen LogP) is 7.95. The highest BCUT2D eigenvalue weighted by Crippen LogP contribution is 2.19. The Morgan fingerprint density at radius 1 is 0.867 bits per heavy atom. The van der Waals surface area contributed by atoms with Crippen LogP contribution >= 0.6 is 0 Å². The predicted molar refractivity (Wildman–Crippen MR) is 130 cm³/mol. The summed E-state index contributed by atoms with van der Waals surface area (Å²) < 4.78 is 5.49. The van der Waals surface area contributed by atoms with E-state index in [2.05, 4.69) is 78.0 Å². The molecule has 1 rings (SSSR count). The van der Waals surface area contributed by atoms with E-state index in [0.717, 1.165) is 37.7 Å². The lowest BCUT2D eigenvalue weighted by Gasteiger charge is -2.12. The zero-order chi connectivity index (χ0) is 22.5. The first-order valence-corrected chi connectivity index (χ1v) is 11.4. The van der Waals surface area contributed by atoms with E-state index in [-0.39, 0.29) is 11.9 Å². The van der Waals surface area contributed by atoms with Gasteiger partial charge in [0, 0.05) is 0 Å². The summed E-state index contributed by atoms with van der Waals surface area (Å²) in [5, 5.41) is 0. The molecule has 1 aromatic rings. The first-order chi connectivity index (χ1) is 14.2. The van der Waals surface area contributed by atoms with Gasteiger partial charge in [-0.3, -0.25) is 4.79 Å². The van der Waals surface area contributed by atoms with Crippen LogP contribution in [0.3, 0.4) is 0 Å². The van der Waals surface area contributed by atoms with Crippen LogP contribution in [0.15, 0.2) is 59.2 Å². The van der Waals surface area contributed by atoms with Gasteiger partial charge in [-0.05, 0) is 89.8 Å². The fourth-order valence-electron chi connectivity index (χ4n) is 3.28. The molecule has 0 fully saturated rings. The molecule has 0 N–H and O–H groups in total. The van der Waals surface area contributed by atoms with Crippen molar-refractivity contribution in [3.05, 3.63) is 70.3 Å². The van der Waals surface area contributed by atoms with Gasteiger partial charge < -0.3 is 4.74 Å². The molecule has 1 unspecified atom stereocenters. The molecule has 0 aliphatic heterocycles. The number of allylic oxidation sites excluding steroid dienone is 5. The molecule has 166 valence electrons. The molecule has 0 aliphatic rings. The average Bonchev–Trinajstić information content (AvgIpc) is 2.67. The first kappa shape index (κ1) is 25.9. The molecular weight excluding hydrogens is 368 g/mol. The standard InChI is InChI=1S/C28H42O2/c1-21(2)10-8-11-23(5)12-9-13-24(6)18-19-30-28(29)25(7)27-16-14-26(15-17-27)20-22(3)4/h10,12,14-18,22,25H,8-9,11,13,19-20H2,1-7H3/b23-12+,24-18+. The number of carbonyl (C=O) groups is 1. The summed E-state index contributed by atoms with van der Waals surface area (Å²) in [5.74, 6) is 0.235. The number of esters is 1. The molecule has 0 amide bonds. The third kappa shape index (κ3) is 11.2. The maximum Gasteiger partial charge on any atom is 0.313 e. The highest BCUT2D eigenvalue weighted by atomic mass is 16.5. The molecule has 0 saturated heterocycles. The zero-order valence-electron chi connectivity index (χ0n) is 20.3. The third-order valence-electron chi connectivity index (χ3n) is 5.26. The summed E-state index contributed by atoms with van der Waals surface area (Å²) >= 11 is 0. The van der Waals surface area contributed by atoms with Crippen molar-refractivity contribution in [2.75, 3.05) is 6.61 Å². The Bertz CT molecular complexity index is 728. The molecule has 1 atom stereocenters. The van der Waals surface area contributed by atoms with Gasteiger partial charge in [-0.1, -0.05) is 67.0 Å². The fourth-order valence-corrected chi connectivity index (χ4v) is 3.28. The van der Waals surface area contributed by atoms with Crippen LogP contribution < -0.4 is 0 Å². The smallest absolute Gasteiger partial charge is 0.313 e. The van der Waals surface area contributed by atoms with E-state index < -0.39 is 0 Å². The van der Waals surface area contributed by atoms with E-state index in [1.54, 1.807) is 0 Å². The van der Waals surface area contributed by atoms with Crippen LogP contribution in [-0.2, 0) is 16.0 Å². The minimum Gasteiger partial charge on any atom is -0.461 e. The molecule has 0 radical (unpaired) electrons. The molecule has 30 heavy (non-hydrogen) atoms. The van der Waals surface area contributed by atoms with E-state index in [4.69, 9.17) is 4.74 Å². The Balaban J connectivity index is 2.39. The highest BCUT2D eigenvalue weighted by Gasteiger charge is 2.16. The van der Waals surface area contributed by atoms with Crippen molar-refractivity contribution < 1.29 is 9.53 Å². The van der Waals surface area contributed by atoms with Crippen LogP contribution in [0, 0.1) is 5.92 Å². The van der Waals surface area contributed by atoms with E-state index in [1.807, 2.05) is 13.0 Å². The van der Waals surface area contributed by atoms with Crippen molar-refractivity contribution in [3.8, 4) is 0 Å². The first-order valence-electron chi connectivity index (χ1n) is 11.4. The lowest BCUT2D eigenvalue weighted by molar-refractivity contribution is -0.143. The molecule has 0 aromatic heterocycles. The van der Waals surface area contributed by atoms with Crippen LogP contribution in [-0.4, -0.2) is 12.6 Å². The molecule has 0 bridgehead atoms. The number of rotatable bonds is 12. The normalized spacial score (nSPS) is 13.3. The van der Waals surface area contributed by atoms with Gasteiger partial charge in [-0.25, -0.2) is 0 Å². The maximum absolute atomic E-state index is 12.4. The van der Waals surface area contributed by atoms with Crippen LogP contribution in [0.4, 0.5) is 0 Å². The van der Waals surface area contributed by atoms with Crippen LogP contribution in [0.25, 0.3) is 0 Å². The Morgan fingerprint density at radius 3 is 2.00 bits per heavy atom. The highest BCUT2D eigenvalue weighted by molar-refractivity contribution is 5.77. The van der Waals surface area contributed by atoms with Gasteiger partial charge in [0.2, 0.25) is 0 Å². The van der Waals surface area contributed by atoms with Crippen molar-refractivity contribution in [2.24, 2.45) is 5.92 Å². The number of carbonyl (C=O) groups excluding carboxylic acids is 1. The van der Waals surface area contributed by atoms with Crippen molar-refractivity contribution in [2.45, 2.75) is 86.5 Å². The molecule has 0 saturated carbocycles.